The zero-order chi connectivity index (χ0) is 20.9. The van der Waals surface area contributed by atoms with Gasteiger partial charge in [0.05, 0.1) is 36.2 Å². The Balaban J connectivity index is 1.38. The molecule has 2 aromatic heterocycles. The van der Waals surface area contributed by atoms with Crippen LogP contribution in [0.5, 0.6) is 0 Å². The molecule has 8 nitrogen and oxygen atoms in total. The molecule has 3 aromatic rings. The number of aromatic nitrogens is 1. The molecule has 0 atom stereocenters. The second-order valence-electron chi connectivity index (χ2n) is 6.80. The van der Waals surface area contributed by atoms with Gasteiger partial charge >= 0.3 is 0 Å². The standard InChI is InChI=1S/C21H20N4O4S/c26-18(11-14-13-30-21(23-14)25-9-3-8-19(25)27)24-17-7-2-1-6-16(17)20(28)22-12-15-5-4-10-29-15/h1-2,4-7,10,13H,3,8-9,11-12H2,(H,22,28)(H,24,26). The molecule has 3 heterocycles. The number of anilines is 2. The van der Waals surface area contributed by atoms with Gasteiger partial charge in [0, 0.05) is 18.3 Å². The second-order valence-corrected chi connectivity index (χ2v) is 7.64. The summed E-state index contributed by atoms with van der Waals surface area (Å²) in [5, 5.41) is 7.96. The molecule has 1 aliphatic rings. The summed E-state index contributed by atoms with van der Waals surface area (Å²) in [6.45, 7) is 0.920. The number of thiazole rings is 1. The lowest BCUT2D eigenvalue weighted by Gasteiger charge is -2.11. The molecular formula is C21H20N4O4S. The number of para-hydroxylation sites is 1. The van der Waals surface area contributed by atoms with Gasteiger partial charge < -0.3 is 15.1 Å². The molecule has 0 saturated carbocycles. The lowest BCUT2D eigenvalue weighted by atomic mass is 10.1. The van der Waals surface area contributed by atoms with Crippen LogP contribution in [0.3, 0.4) is 0 Å². The van der Waals surface area contributed by atoms with Crippen LogP contribution in [0.15, 0.2) is 52.5 Å². The van der Waals surface area contributed by atoms with Gasteiger partial charge in [-0.2, -0.15) is 0 Å². The van der Waals surface area contributed by atoms with Crippen LogP contribution in [0, 0.1) is 0 Å². The lowest BCUT2D eigenvalue weighted by molar-refractivity contribution is -0.117. The zero-order valence-corrected chi connectivity index (χ0v) is 16.9. The predicted molar refractivity (Wildman–Crippen MR) is 112 cm³/mol. The summed E-state index contributed by atoms with van der Waals surface area (Å²) in [6, 6.07) is 10.3. The van der Waals surface area contributed by atoms with Crippen molar-refractivity contribution in [1.29, 1.82) is 0 Å². The van der Waals surface area contributed by atoms with Crippen LogP contribution < -0.4 is 15.5 Å². The number of hydrogen-bond donors (Lipinski definition) is 2. The number of carbonyl (C=O) groups excluding carboxylic acids is 3. The van der Waals surface area contributed by atoms with Crippen molar-refractivity contribution < 1.29 is 18.8 Å². The summed E-state index contributed by atoms with van der Waals surface area (Å²) in [6.07, 6.45) is 2.96. The average Bonchev–Trinajstić information content (AvgIpc) is 3.49. The fourth-order valence-corrected chi connectivity index (χ4v) is 4.04. The lowest BCUT2D eigenvalue weighted by Crippen LogP contribution is -2.25. The quantitative estimate of drug-likeness (QED) is 0.607. The van der Waals surface area contributed by atoms with Gasteiger partial charge in [-0.15, -0.1) is 11.3 Å². The fraction of sp³-hybridized carbons (Fsp3) is 0.238. The molecule has 0 spiro atoms. The largest absolute Gasteiger partial charge is 0.467 e. The summed E-state index contributed by atoms with van der Waals surface area (Å²) < 4.78 is 5.21. The monoisotopic (exact) mass is 424 g/mol. The normalized spacial score (nSPS) is 13.5. The number of nitrogens with zero attached hydrogens (tertiary/aromatic N) is 2. The van der Waals surface area contributed by atoms with E-state index in [1.165, 1.54) is 11.3 Å². The van der Waals surface area contributed by atoms with E-state index < -0.39 is 0 Å². The molecule has 1 aliphatic heterocycles. The van der Waals surface area contributed by atoms with Gasteiger partial charge in [0.15, 0.2) is 5.13 Å². The molecule has 9 heteroatoms. The number of benzene rings is 1. The summed E-state index contributed by atoms with van der Waals surface area (Å²) in [5.74, 6) is 0.104. The minimum atomic E-state index is -0.314. The van der Waals surface area contributed by atoms with E-state index in [9.17, 15) is 14.4 Å². The fourth-order valence-electron chi connectivity index (χ4n) is 3.18. The van der Waals surface area contributed by atoms with Gasteiger partial charge in [-0.25, -0.2) is 4.98 Å². The molecule has 0 aliphatic carbocycles. The van der Waals surface area contributed by atoms with Crippen molar-refractivity contribution in [2.45, 2.75) is 25.8 Å². The molecular weight excluding hydrogens is 404 g/mol. The van der Waals surface area contributed by atoms with Gasteiger partial charge in [-0.3, -0.25) is 19.3 Å². The van der Waals surface area contributed by atoms with E-state index in [2.05, 4.69) is 15.6 Å². The van der Waals surface area contributed by atoms with Gasteiger partial charge in [0.2, 0.25) is 11.8 Å². The molecule has 4 rings (SSSR count). The van der Waals surface area contributed by atoms with Crippen molar-refractivity contribution in [1.82, 2.24) is 10.3 Å². The van der Waals surface area contributed by atoms with Gasteiger partial charge in [0.1, 0.15) is 5.76 Å². The minimum Gasteiger partial charge on any atom is -0.467 e. The van der Waals surface area contributed by atoms with Crippen LogP contribution in [0.2, 0.25) is 0 Å². The van der Waals surface area contributed by atoms with Gasteiger partial charge in [-0.05, 0) is 30.7 Å². The number of furan rings is 1. The van der Waals surface area contributed by atoms with Crippen molar-refractivity contribution in [3.8, 4) is 0 Å². The maximum Gasteiger partial charge on any atom is 0.253 e. The van der Waals surface area contributed by atoms with E-state index in [1.54, 1.807) is 52.9 Å². The average molecular weight is 424 g/mol. The van der Waals surface area contributed by atoms with Crippen LogP contribution in [0.4, 0.5) is 10.8 Å². The topological polar surface area (TPSA) is 105 Å². The number of amides is 3. The van der Waals surface area contributed by atoms with E-state index in [0.29, 0.717) is 40.8 Å². The first-order valence-corrected chi connectivity index (χ1v) is 10.4. The Morgan fingerprint density at radius 3 is 2.83 bits per heavy atom. The van der Waals surface area contributed by atoms with E-state index in [0.717, 1.165) is 6.42 Å². The first kappa shape index (κ1) is 19.8. The van der Waals surface area contributed by atoms with Crippen LogP contribution in [0.25, 0.3) is 0 Å². The van der Waals surface area contributed by atoms with Crippen molar-refractivity contribution in [2.75, 3.05) is 16.8 Å². The molecule has 2 N–H and O–H groups in total. The predicted octanol–water partition coefficient (Wildman–Crippen LogP) is 2.97. The number of hydrogen-bond acceptors (Lipinski definition) is 6. The molecule has 0 unspecified atom stereocenters. The highest BCUT2D eigenvalue weighted by Gasteiger charge is 2.24. The summed E-state index contributed by atoms with van der Waals surface area (Å²) in [5.41, 5.74) is 1.37. The Morgan fingerprint density at radius 1 is 1.20 bits per heavy atom. The van der Waals surface area contributed by atoms with Crippen LogP contribution in [-0.2, 0) is 22.6 Å². The molecule has 154 valence electrons. The minimum absolute atomic E-state index is 0.0564. The van der Waals surface area contributed by atoms with Crippen molar-refractivity contribution in [2.24, 2.45) is 0 Å². The van der Waals surface area contributed by atoms with Crippen LogP contribution >= 0.6 is 11.3 Å². The highest BCUT2D eigenvalue weighted by Crippen LogP contribution is 2.25. The Bertz CT molecular complexity index is 1060. The van der Waals surface area contributed by atoms with Crippen LogP contribution in [-0.4, -0.2) is 29.3 Å². The maximum absolute atomic E-state index is 12.5. The third kappa shape index (κ3) is 4.57. The Kier molecular flexibility index (Phi) is 5.89. The third-order valence-electron chi connectivity index (χ3n) is 4.63. The second kappa shape index (κ2) is 8.91. The molecule has 1 saturated heterocycles. The summed E-state index contributed by atoms with van der Waals surface area (Å²) in [7, 11) is 0. The van der Waals surface area contributed by atoms with E-state index in [4.69, 9.17) is 4.42 Å². The van der Waals surface area contributed by atoms with Crippen LogP contribution in [0.1, 0.15) is 34.7 Å². The van der Waals surface area contributed by atoms with Crippen molar-refractivity contribution >= 4 is 39.9 Å². The number of rotatable bonds is 7. The summed E-state index contributed by atoms with van der Waals surface area (Å²) >= 11 is 1.35. The molecule has 0 bridgehead atoms. The van der Waals surface area contributed by atoms with Gasteiger partial charge in [0.25, 0.3) is 5.91 Å². The molecule has 30 heavy (non-hydrogen) atoms. The van der Waals surface area contributed by atoms with Crippen molar-refractivity contribution in [3.05, 3.63) is 65.1 Å². The Morgan fingerprint density at radius 2 is 2.07 bits per heavy atom. The number of nitrogens with one attached hydrogen (secondary N) is 2. The molecule has 0 radical (unpaired) electrons. The third-order valence-corrected chi connectivity index (χ3v) is 5.55. The highest BCUT2D eigenvalue weighted by molar-refractivity contribution is 7.14. The first-order valence-electron chi connectivity index (χ1n) is 9.54. The van der Waals surface area contributed by atoms with E-state index in [1.807, 2.05) is 0 Å². The summed E-state index contributed by atoms with van der Waals surface area (Å²) in [4.78, 5) is 43.0. The number of carbonyl (C=O) groups is 3. The van der Waals surface area contributed by atoms with Gasteiger partial charge in [-0.1, -0.05) is 12.1 Å². The maximum atomic E-state index is 12.5. The SMILES string of the molecule is O=C(Cc1csc(N2CCCC2=O)n1)Nc1ccccc1C(=O)NCc1ccco1. The molecule has 3 amide bonds. The van der Waals surface area contributed by atoms with Crippen molar-refractivity contribution in [3.63, 3.8) is 0 Å². The van der Waals surface area contributed by atoms with E-state index >= 15 is 0 Å². The van der Waals surface area contributed by atoms with E-state index in [-0.39, 0.29) is 30.7 Å². The Labute approximate surface area is 176 Å². The zero-order valence-electron chi connectivity index (χ0n) is 16.1. The smallest absolute Gasteiger partial charge is 0.253 e. The Hall–Kier alpha value is -3.46. The molecule has 1 aromatic carbocycles. The molecule has 1 fully saturated rings. The highest BCUT2D eigenvalue weighted by atomic mass is 32.1. The first-order chi connectivity index (χ1) is 14.6.